The number of aryl methyl sites for hydroxylation is 1. The molecule has 8 rings (SSSR count). The van der Waals surface area contributed by atoms with Crippen LogP contribution in [0.3, 0.4) is 0 Å². The standard InChI is InChI=1S/C50H64ClFN10O5S2/c1-31-41(68-30-56-31)35-14-12-32(13-15-35)26-54-44(63)39-7-6-20-62(39)46(65)42(58-47(66)50(52)18-19-50)49(2,3)69-29-34-10-8-33(9-11-34)28-60-21-23-61(24-22-60)45(64)36-16-17-38(40(25-36)67-5)57-48-55-27-37(51)43(53-4)59-48/h12-17,25,27,30,33-34,39,42H,6-11,18-24,26,28-29H2,1-5H3,(H,54,63)(H,58,66)(H2,53,55,57,59). The molecule has 2 aromatic carbocycles. The van der Waals surface area contributed by atoms with Crippen LogP contribution in [0.4, 0.5) is 21.8 Å². The Kier molecular flexibility index (Phi) is 16.0. The number of alkyl halides is 1. The molecule has 2 saturated heterocycles. The van der Waals surface area contributed by atoms with E-state index in [0.29, 0.717) is 84.6 Å². The number of benzene rings is 2. The number of amides is 4. The lowest BCUT2D eigenvalue weighted by Crippen LogP contribution is -2.61. The zero-order valence-corrected chi connectivity index (χ0v) is 42.5. The first-order valence-corrected chi connectivity index (χ1v) is 26.3. The number of hydrogen-bond donors (Lipinski definition) is 4. The fourth-order valence-corrected chi connectivity index (χ4v) is 11.9. The molecule has 370 valence electrons. The van der Waals surface area contributed by atoms with E-state index < -0.39 is 28.4 Å². The Morgan fingerprint density at radius 3 is 2.38 bits per heavy atom. The summed E-state index contributed by atoms with van der Waals surface area (Å²) in [6.07, 6.45) is 7.27. The van der Waals surface area contributed by atoms with E-state index in [1.165, 1.54) is 6.20 Å². The van der Waals surface area contributed by atoms with E-state index >= 15 is 4.39 Å². The van der Waals surface area contributed by atoms with Crippen molar-refractivity contribution < 1.29 is 28.3 Å². The molecule has 0 radical (unpaired) electrons. The Bertz CT molecular complexity index is 2480. The van der Waals surface area contributed by atoms with Gasteiger partial charge < -0.3 is 35.8 Å². The number of carbonyl (C=O) groups excluding carboxylic acids is 4. The van der Waals surface area contributed by atoms with Crippen LogP contribution >= 0.6 is 34.7 Å². The van der Waals surface area contributed by atoms with Gasteiger partial charge in [0.1, 0.15) is 28.7 Å². The summed E-state index contributed by atoms with van der Waals surface area (Å²) in [5.74, 6) is 1.78. The number of thioether (sulfide) groups is 1. The number of nitrogens with one attached hydrogen (secondary N) is 4. The van der Waals surface area contributed by atoms with E-state index in [9.17, 15) is 19.2 Å². The number of halogens is 2. The van der Waals surface area contributed by atoms with Gasteiger partial charge in [-0.25, -0.2) is 14.4 Å². The number of rotatable bonds is 18. The van der Waals surface area contributed by atoms with Crippen molar-refractivity contribution in [1.29, 1.82) is 0 Å². The van der Waals surface area contributed by atoms with Crippen LogP contribution in [-0.4, -0.2) is 135 Å². The van der Waals surface area contributed by atoms with Gasteiger partial charge in [0, 0.05) is 63.2 Å². The summed E-state index contributed by atoms with van der Waals surface area (Å²) in [6.45, 7) is 10.5. The molecule has 4 aromatic rings. The third-order valence-corrected chi connectivity index (χ3v) is 17.0. The van der Waals surface area contributed by atoms with Crippen LogP contribution in [-0.2, 0) is 20.9 Å². The van der Waals surface area contributed by atoms with Crippen LogP contribution in [0.1, 0.15) is 86.8 Å². The van der Waals surface area contributed by atoms with Crippen molar-refractivity contribution in [3.8, 4) is 16.2 Å². The van der Waals surface area contributed by atoms with Gasteiger partial charge in [0.15, 0.2) is 5.67 Å². The second kappa shape index (κ2) is 21.9. The Morgan fingerprint density at radius 2 is 1.71 bits per heavy atom. The molecule has 0 spiro atoms. The van der Waals surface area contributed by atoms with Crippen molar-refractivity contribution in [3.05, 3.63) is 76.0 Å². The van der Waals surface area contributed by atoms with Gasteiger partial charge in [0.05, 0.1) is 35.1 Å². The van der Waals surface area contributed by atoms with Crippen LogP contribution in [0, 0.1) is 18.8 Å². The summed E-state index contributed by atoms with van der Waals surface area (Å²) in [5, 5.41) is 12.4. The number of aromatic nitrogens is 3. The molecule has 0 bridgehead atoms. The average Bonchev–Trinajstić information content (AvgIpc) is 3.68. The topological polar surface area (TPSA) is 174 Å². The summed E-state index contributed by atoms with van der Waals surface area (Å²) in [6, 6.07) is 11.7. The fourth-order valence-electron chi connectivity index (χ4n) is 9.59. The van der Waals surface area contributed by atoms with E-state index in [-0.39, 0.29) is 30.6 Å². The van der Waals surface area contributed by atoms with E-state index in [2.05, 4.69) is 41.1 Å². The first-order valence-electron chi connectivity index (χ1n) is 24.0. The van der Waals surface area contributed by atoms with Crippen molar-refractivity contribution in [2.45, 2.75) is 101 Å². The molecule has 4 amide bonds. The molecule has 69 heavy (non-hydrogen) atoms. The first-order chi connectivity index (χ1) is 33.1. The number of likely N-dealkylation sites (tertiary alicyclic amines) is 1. The maximum Gasteiger partial charge on any atom is 0.258 e. The molecule has 2 aliphatic carbocycles. The molecule has 4 heterocycles. The minimum Gasteiger partial charge on any atom is -0.495 e. The van der Waals surface area contributed by atoms with Gasteiger partial charge >= 0.3 is 0 Å². The van der Waals surface area contributed by atoms with E-state index in [1.807, 2.05) is 55.4 Å². The van der Waals surface area contributed by atoms with E-state index in [0.717, 1.165) is 72.8 Å². The van der Waals surface area contributed by atoms with Crippen LogP contribution in [0.15, 0.2) is 54.2 Å². The minimum absolute atomic E-state index is 0.0390. The number of carbonyl (C=O) groups is 4. The molecular weight excluding hydrogens is 939 g/mol. The average molecular weight is 1000 g/mol. The second-order valence-electron chi connectivity index (χ2n) is 19.3. The third-order valence-electron chi connectivity index (χ3n) is 14.1. The molecule has 4 N–H and O–H groups in total. The molecule has 15 nitrogen and oxygen atoms in total. The number of methoxy groups -OCH3 is 1. The van der Waals surface area contributed by atoms with Gasteiger partial charge in [-0.15, -0.1) is 11.3 Å². The lowest BCUT2D eigenvalue weighted by atomic mass is 9.82. The highest BCUT2D eigenvalue weighted by Gasteiger charge is 2.54. The number of nitrogens with zero attached hydrogens (tertiary/aromatic N) is 6. The second-order valence-corrected chi connectivity index (χ2v) is 22.3. The Hall–Kier alpha value is -5.04. The molecule has 4 aliphatic rings. The summed E-state index contributed by atoms with van der Waals surface area (Å²) in [4.78, 5) is 75.1. The molecule has 2 aliphatic heterocycles. The zero-order chi connectivity index (χ0) is 48.9. The van der Waals surface area contributed by atoms with Crippen LogP contribution in [0.5, 0.6) is 5.75 Å². The Labute approximate surface area is 417 Å². The third kappa shape index (κ3) is 12.1. The SMILES string of the molecule is CNc1nc(Nc2ccc(C(=O)N3CCN(CC4CCC(CSC(C)(C)C(NC(=O)C5(F)CC5)C(=O)N5CCCC5C(=O)NCc5ccc(-c6scnc6C)cc5)CC4)CC3)cc2OC)ncc1Cl. The smallest absolute Gasteiger partial charge is 0.258 e. The molecule has 2 unspecified atom stereocenters. The van der Waals surface area contributed by atoms with Crippen molar-refractivity contribution >= 4 is 75.8 Å². The normalized spacial score (nSPS) is 20.8. The van der Waals surface area contributed by atoms with Crippen LogP contribution in [0.2, 0.25) is 5.02 Å². The fraction of sp³-hybridized carbons (Fsp3) is 0.540. The number of ether oxygens (including phenoxy) is 1. The molecule has 4 fully saturated rings. The highest BCUT2D eigenvalue weighted by atomic mass is 35.5. The maximum atomic E-state index is 15.2. The minimum atomic E-state index is -1.94. The number of hydrogen-bond acceptors (Lipinski definition) is 13. The number of thiazole rings is 1. The summed E-state index contributed by atoms with van der Waals surface area (Å²) < 4.78 is 20.0. The predicted octanol–water partition coefficient (Wildman–Crippen LogP) is 7.73. The lowest BCUT2D eigenvalue weighted by molar-refractivity contribution is -0.143. The Morgan fingerprint density at radius 1 is 0.986 bits per heavy atom. The number of anilines is 3. The van der Waals surface area contributed by atoms with Crippen molar-refractivity contribution in [1.82, 2.24) is 40.3 Å². The summed E-state index contributed by atoms with van der Waals surface area (Å²) >= 11 is 9.39. The van der Waals surface area contributed by atoms with Gasteiger partial charge in [-0.1, -0.05) is 35.9 Å². The number of piperazine rings is 1. The van der Waals surface area contributed by atoms with Gasteiger partial charge in [-0.2, -0.15) is 16.7 Å². The van der Waals surface area contributed by atoms with Crippen molar-refractivity contribution in [2.24, 2.45) is 11.8 Å². The lowest BCUT2D eigenvalue weighted by Gasteiger charge is -2.40. The van der Waals surface area contributed by atoms with Gasteiger partial charge in [0.25, 0.3) is 11.8 Å². The quantitative estimate of drug-likeness (QED) is 0.0766. The Balaban J connectivity index is 0.798. The summed E-state index contributed by atoms with van der Waals surface area (Å²) in [7, 11) is 3.29. The summed E-state index contributed by atoms with van der Waals surface area (Å²) in [5.41, 5.74) is 4.05. The van der Waals surface area contributed by atoms with Crippen molar-refractivity contribution in [3.63, 3.8) is 0 Å². The van der Waals surface area contributed by atoms with Gasteiger partial charge in [0.2, 0.25) is 17.8 Å². The van der Waals surface area contributed by atoms with E-state index in [1.54, 1.807) is 60.4 Å². The van der Waals surface area contributed by atoms with Gasteiger partial charge in [-0.05, 0) is 119 Å². The highest BCUT2D eigenvalue weighted by molar-refractivity contribution is 8.00. The zero-order valence-electron chi connectivity index (χ0n) is 40.1. The van der Waals surface area contributed by atoms with Crippen molar-refractivity contribution in [2.75, 3.05) is 69.8 Å². The molecule has 2 atom stereocenters. The molecule has 2 saturated carbocycles. The first kappa shape index (κ1) is 50.4. The molecular formula is C50H64ClFN10O5S2. The van der Waals surface area contributed by atoms with Crippen LogP contribution < -0.4 is 26.0 Å². The maximum absolute atomic E-state index is 15.2. The molecule has 19 heteroatoms. The van der Waals surface area contributed by atoms with Gasteiger partial charge in [-0.3, -0.25) is 24.1 Å². The van der Waals surface area contributed by atoms with E-state index in [4.69, 9.17) is 16.3 Å². The van der Waals surface area contributed by atoms with Crippen LogP contribution in [0.25, 0.3) is 10.4 Å². The molecule has 2 aromatic heterocycles. The highest BCUT2D eigenvalue weighted by Crippen LogP contribution is 2.42. The largest absolute Gasteiger partial charge is 0.495 e. The monoisotopic (exact) mass is 1000 g/mol. The predicted molar refractivity (Wildman–Crippen MR) is 271 cm³/mol.